The van der Waals surface area contributed by atoms with Crippen LogP contribution in [0.4, 0.5) is 0 Å². The molecule has 2 nitrogen and oxygen atoms in total. The molecular weight excluding hydrogens is 230 g/mol. The van der Waals surface area contributed by atoms with Gasteiger partial charge in [-0.15, -0.1) is 0 Å². The van der Waals surface area contributed by atoms with Gasteiger partial charge in [0, 0.05) is 6.54 Å². The highest BCUT2D eigenvalue weighted by atomic mass is 32.2. The molecule has 2 aliphatic heterocycles. The van der Waals surface area contributed by atoms with Crippen molar-refractivity contribution in [1.82, 2.24) is 5.32 Å². The summed E-state index contributed by atoms with van der Waals surface area (Å²) in [6.45, 7) is 2.07. The van der Waals surface area contributed by atoms with Gasteiger partial charge in [-0.25, -0.2) is 0 Å². The highest BCUT2D eigenvalue weighted by Crippen LogP contribution is 2.29. The van der Waals surface area contributed by atoms with Gasteiger partial charge in [0.15, 0.2) is 0 Å². The van der Waals surface area contributed by atoms with Crippen LogP contribution in [0.25, 0.3) is 0 Å². The van der Waals surface area contributed by atoms with Gasteiger partial charge in [-0.3, -0.25) is 0 Å². The first kappa shape index (κ1) is 11.4. The molecule has 2 aliphatic rings. The van der Waals surface area contributed by atoms with Crippen LogP contribution in [-0.2, 0) is 13.0 Å². The second-order valence-corrected chi connectivity index (χ2v) is 5.97. The average molecular weight is 249 g/mol. The maximum Gasteiger partial charge on any atom is 0.123 e. The molecule has 2 heterocycles. The van der Waals surface area contributed by atoms with Crippen LogP contribution in [0, 0.1) is 0 Å². The second-order valence-electron chi connectivity index (χ2n) is 4.75. The first-order chi connectivity index (χ1) is 8.43. The highest BCUT2D eigenvalue weighted by molar-refractivity contribution is 7.99. The highest BCUT2D eigenvalue weighted by Gasteiger charge is 2.19. The maximum atomic E-state index is 6.21. The predicted octanol–water partition coefficient (Wildman–Crippen LogP) is 2.61. The fraction of sp³-hybridized carbons (Fsp3) is 0.571. The minimum Gasteiger partial charge on any atom is -0.490 e. The zero-order chi connectivity index (χ0) is 11.5. The zero-order valence-corrected chi connectivity index (χ0v) is 10.9. The quantitative estimate of drug-likeness (QED) is 0.870. The summed E-state index contributed by atoms with van der Waals surface area (Å²) >= 11 is 2.05. The van der Waals surface area contributed by atoms with Gasteiger partial charge >= 0.3 is 0 Å². The minimum absolute atomic E-state index is 0.442. The van der Waals surface area contributed by atoms with Crippen LogP contribution in [0.5, 0.6) is 5.75 Å². The summed E-state index contributed by atoms with van der Waals surface area (Å²) in [4.78, 5) is 0. The number of nitrogens with one attached hydrogen (secondary N) is 1. The average Bonchev–Trinajstić information content (AvgIpc) is 2.40. The Bertz CT molecular complexity index is 388. The van der Waals surface area contributed by atoms with Crippen molar-refractivity contribution in [3.63, 3.8) is 0 Å². The third-order valence-corrected chi connectivity index (χ3v) is 4.61. The second kappa shape index (κ2) is 5.32. The monoisotopic (exact) mass is 249 g/mol. The Morgan fingerprint density at radius 1 is 1.24 bits per heavy atom. The summed E-state index contributed by atoms with van der Waals surface area (Å²) in [7, 11) is 0. The number of thioether (sulfide) groups is 1. The fourth-order valence-corrected chi connectivity index (χ4v) is 3.64. The molecule has 17 heavy (non-hydrogen) atoms. The summed E-state index contributed by atoms with van der Waals surface area (Å²) in [5, 5.41) is 3.41. The van der Waals surface area contributed by atoms with Gasteiger partial charge in [-0.05, 0) is 54.5 Å². The van der Waals surface area contributed by atoms with E-state index in [2.05, 4.69) is 23.5 Å². The van der Waals surface area contributed by atoms with Crippen molar-refractivity contribution < 1.29 is 4.74 Å². The molecule has 0 unspecified atom stereocenters. The van der Waals surface area contributed by atoms with Gasteiger partial charge in [0.25, 0.3) is 0 Å². The van der Waals surface area contributed by atoms with Crippen molar-refractivity contribution in [2.24, 2.45) is 0 Å². The number of rotatable bonds is 2. The van der Waals surface area contributed by atoms with Gasteiger partial charge in [-0.1, -0.05) is 12.1 Å². The minimum atomic E-state index is 0.442. The number of fused-ring (bicyclic) bond motifs is 1. The molecule has 0 bridgehead atoms. The Balaban J connectivity index is 1.77. The van der Waals surface area contributed by atoms with Gasteiger partial charge in [0.2, 0.25) is 0 Å². The normalized spacial score (nSPS) is 20.9. The number of hydrogen-bond acceptors (Lipinski definition) is 3. The van der Waals surface area contributed by atoms with E-state index in [1.807, 2.05) is 11.8 Å². The Hall–Kier alpha value is -0.670. The predicted molar refractivity (Wildman–Crippen MR) is 72.8 cm³/mol. The maximum absolute atomic E-state index is 6.21. The Kier molecular flexibility index (Phi) is 3.57. The topological polar surface area (TPSA) is 21.3 Å². The van der Waals surface area contributed by atoms with E-state index in [-0.39, 0.29) is 0 Å². The molecule has 0 saturated carbocycles. The van der Waals surface area contributed by atoms with Crippen LogP contribution in [0.2, 0.25) is 0 Å². The van der Waals surface area contributed by atoms with Crippen molar-refractivity contribution in [3.8, 4) is 5.75 Å². The molecule has 1 N–H and O–H groups in total. The van der Waals surface area contributed by atoms with E-state index >= 15 is 0 Å². The molecular formula is C14H19NOS. The molecule has 0 aliphatic carbocycles. The summed E-state index contributed by atoms with van der Waals surface area (Å²) in [6, 6.07) is 6.48. The molecule has 1 aromatic rings. The smallest absolute Gasteiger partial charge is 0.123 e. The molecule has 0 atom stereocenters. The molecule has 0 aromatic heterocycles. The van der Waals surface area contributed by atoms with E-state index in [0.717, 1.165) is 25.3 Å². The Labute approximate surface area is 107 Å². The van der Waals surface area contributed by atoms with Crippen molar-refractivity contribution in [1.29, 1.82) is 0 Å². The van der Waals surface area contributed by atoms with E-state index in [1.165, 1.54) is 35.5 Å². The Morgan fingerprint density at radius 2 is 2.12 bits per heavy atom. The van der Waals surface area contributed by atoms with Crippen molar-refractivity contribution >= 4 is 11.8 Å². The molecule has 92 valence electrons. The number of hydrogen-bond donors (Lipinski definition) is 1. The van der Waals surface area contributed by atoms with E-state index in [0.29, 0.717) is 6.10 Å². The summed E-state index contributed by atoms with van der Waals surface area (Å²) in [5.74, 6) is 3.64. The van der Waals surface area contributed by atoms with Gasteiger partial charge in [0.1, 0.15) is 11.9 Å². The van der Waals surface area contributed by atoms with Crippen molar-refractivity contribution in [3.05, 3.63) is 29.3 Å². The van der Waals surface area contributed by atoms with Crippen LogP contribution in [0.3, 0.4) is 0 Å². The summed E-state index contributed by atoms with van der Waals surface area (Å²) in [6.07, 6.45) is 3.95. The number of ether oxygens (including phenoxy) is 1. The fourth-order valence-electron chi connectivity index (χ4n) is 2.58. The Morgan fingerprint density at radius 3 is 3.00 bits per heavy atom. The van der Waals surface area contributed by atoms with Crippen LogP contribution in [0.15, 0.2) is 18.2 Å². The van der Waals surface area contributed by atoms with Crippen LogP contribution in [-0.4, -0.2) is 24.2 Å². The van der Waals surface area contributed by atoms with E-state index in [9.17, 15) is 0 Å². The first-order valence-electron chi connectivity index (χ1n) is 6.49. The lowest BCUT2D eigenvalue weighted by Gasteiger charge is -2.26. The van der Waals surface area contributed by atoms with E-state index < -0.39 is 0 Å². The molecule has 3 heteroatoms. The van der Waals surface area contributed by atoms with Gasteiger partial charge in [-0.2, -0.15) is 11.8 Å². The lowest BCUT2D eigenvalue weighted by Crippen LogP contribution is -2.26. The van der Waals surface area contributed by atoms with Crippen molar-refractivity contribution in [2.45, 2.75) is 31.9 Å². The van der Waals surface area contributed by atoms with Crippen LogP contribution < -0.4 is 10.1 Å². The molecule has 0 amide bonds. The standard InChI is InChI=1S/C14H19NOS/c1-2-11-10-15-7-4-13(11)14(3-1)16-12-5-8-17-9-6-12/h1-3,12,15H,4-10H2. The third kappa shape index (κ3) is 2.61. The molecule has 0 radical (unpaired) electrons. The summed E-state index contributed by atoms with van der Waals surface area (Å²) in [5.41, 5.74) is 2.85. The zero-order valence-electron chi connectivity index (χ0n) is 10.1. The van der Waals surface area contributed by atoms with Gasteiger partial charge < -0.3 is 10.1 Å². The van der Waals surface area contributed by atoms with Gasteiger partial charge in [0.05, 0.1) is 0 Å². The van der Waals surface area contributed by atoms with Crippen LogP contribution in [0.1, 0.15) is 24.0 Å². The van der Waals surface area contributed by atoms with Crippen molar-refractivity contribution in [2.75, 3.05) is 18.1 Å². The van der Waals surface area contributed by atoms with E-state index in [4.69, 9.17) is 4.74 Å². The van der Waals surface area contributed by atoms with Crippen LogP contribution >= 0.6 is 11.8 Å². The SMILES string of the molecule is c1cc2c(c(OC3CCSCC3)c1)CCNC2. The summed E-state index contributed by atoms with van der Waals surface area (Å²) < 4.78 is 6.21. The largest absolute Gasteiger partial charge is 0.490 e. The molecule has 1 aromatic carbocycles. The molecule has 1 fully saturated rings. The first-order valence-corrected chi connectivity index (χ1v) is 7.65. The molecule has 0 spiro atoms. The molecule has 3 rings (SSSR count). The number of benzene rings is 1. The third-order valence-electron chi connectivity index (χ3n) is 3.56. The van der Waals surface area contributed by atoms with E-state index in [1.54, 1.807) is 0 Å². The molecule has 1 saturated heterocycles. The lowest BCUT2D eigenvalue weighted by atomic mass is 10.00. The lowest BCUT2D eigenvalue weighted by molar-refractivity contribution is 0.190.